The number of carbonyl (C=O) groups is 1. The van der Waals surface area contributed by atoms with Gasteiger partial charge in [0.1, 0.15) is 11.5 Å². The summed E-state index contributed by atoms with van der Waals surface area (Å²) in [5, 5.41) is 0.351. The predicted molar refractivity (Wildman–Crippen MR) is 77.4 cm³/mol. The molecule has 100 valence electrons. The number of aromatic nitrogens is 1. The van der Waals surface area contributed by atoms with Crippen LogP contribution in [0.3, 0.4) is 0 Å². The van der Waals surface area contributed by atoms with Gasteiger partial charge in [0.25, 0.3) is 5.19 Å². The molecule has 0 aliphatic rings. The van der Waals surface area contributed by atoms with E-state index < -0.39 is 0 Å². The fourth-order valence-corrected chi connectivity index (χ4v) is 2.62. The van der Waals surface area contributed by atoms with Crippen LogP contribution < -0.4 is 9.47 Å². The molecule has 0 fully saturated rings. The minimum absolute atomic E-state index is 0.351. The number of ether oxygens (including phenoxy) is 2. The Morgan fingerprint density at radius 1 is 1.10 bits per heavy atom. The zero-order valence-corrected chi connectivity index (χ0v) is 11.5. The molecule has 20 heavy (non-hydrogen) atoms. The fourth-order valence-electron chi connectivity index (χ4n) is 1.74. The first-order chi connectivity index (χ1) is 9.70. The maximum atomic E-state index is 10.9. The molecule has 1 heterocycles. The number of nitrogens with zero attached hydrogens (tertiary/aromatic N) is 1. The summed E-state index contributed by atoms with van der Waals surface area (Å²) < 4.78 is 11.6. The molecule has 0 N–H and O–H groups in total. The summed E-state index contributed by atoms with van der Waals surface area (Å²) in [5.74, 6) is 1.13. The molecule has 1 aromatic heterocycles. The molecule has 0 saturated carbocycles. The van der Waals surface area contributed by atoms with Crippen LogP contribution >= 0.6 is 11.3 Å². The molecule has 0 bridgehead atoms. The fraction of sp³-hybridized carbons (Fsp3) is 0.0667. The van der Waals surface area contributed by atoms with Crippen LogP contribution in [0.4, 0.5) is 0 Å². The van der Waals surface area contributed by atoms with Crippen molar-refractivity contribution in [2.75, 3.05) is 0 Å². The van der Waals surface area contributed by atoms with Gasteiger partial charge in [-0.3, -0.25) is 4.79 Å². The van der Waals surface area contributed by atoms with Gasteiger partial charge in [-0.05, 0) is 24.3 Å². The van der Waals surface area contributed by atoms with Crippen LogP contribution in [-0.2, 0) is 4.79 Å². The number of para-hydroxylation sites is 1. The summed E-state index contributed by atoms with van der Waals surface area (Å²) in [6.07, 6.45) is 0. The molecule has 5 heteroatoms. The van der Waals surface area contributed by atoms with Crippen LogP contribution in [-0.4, -0.2) is 11.0 Å². The molecule has 0 radical (unpaired) electrons. The smallest absolute Gasteiger partial charge is 0.309 e. The zero-order chi connectivity index (χ0) is 13.9. The molecular weight excluding hydrogens is 274 g/mol. The molecule has 0 amide bonds. The van der Waals surface area contributed by atoms with Crippen molar-refractivity contribution in [3.63, 3.8) is 0 Å². The molecule has 3 rings (SSSR count). The van der Waals surface area contributed by atoms with Crippen molar-refractivity contribution in [2.24, 2.45) is 0 Å². The minimum Gasteiger partial charge on any atom is -0.457 e. The van der Waals surface area contributed by atoms with Crippen LogP contribution in [0.2, 0.25) is 0 Å². The average Bonchev–Trinajstić information content (AvgIpc) is 2.80. The van der Waals surface area contributed by atoms with Crippen molar-refractivity contribution in [2.45, 2.75) is 6.92 Å². The molecule has 4 nitrogen and oxygen atoms in total. The van der Waals surface area contributed by atoms with Gasteiger partial charge in [0.05, 0.1) is 10.2 Å². The van der Waals surface area contributed by atoms with E-state index in [0.717, 1.165) is 21.7 Å². The third-order valence-electron chi connectivity index (χ3n) is 2.55. The molecular formula is C15H11NO3S. The number of carbonyl (C=O) groups excluding carboxylic acids is 1. The van der Waals surface area contributed by atoms with Crippen LogP contribution in [0, 0.1) is 0 Å². The number of hydrogen-bond donors (Lipinski definition) is 0. The summed E-state index contributed by atoms with van der Waals surface area (Å²) in [4.78, 5) is 15.1. The number of rotatable bonds is 3. The van der Waals surface area contributed by atoms with E-state index in [-0.39, 0.29) is 5.97 Å². The van der Waals surface area contributed by atoms with Gasteiger partial charge in [0, 0.05) is 13.0 Å². The third-order valence-corrected chi connectivity index (χ3v) is 3.45. The highest BCUT2D eigenvalue weighted by Gasteiger charge is 2.08. The number of hydrogen-bond acceptors (Lipinski definition) is 5. The molecule has 0 atom stereocenters. The second-order valence-corrected chi connectivity index (χ2v) is 5.11. The molecule has 0 aliphatic heterocycles. The summed E-state index contributed by atoms with van der Waals surface area (Å²) in [6.45, 7) is 1.36. The molecule has 3 aromatic rings. The molecule has 2 aromatic carbocycles. The van der Waals surface area contributed by atoms with Gasteiger partial charge in [-0.15, -0.1) is 0 Å². The number of thiazole rings is 1. The second-order valence-electron chi connectivity index (χ2n) is 4.12. The van der Waals surface area contributed by atoms with Crippen LogP contribution in [0.25, 0.3) is 10.2 Å². The van der Waals surface area contributed by atoms with Crippen molar-refractivity contribution in [1.29, 1.82) is 0 Å². The summed E-state index contributed by atoms with van der Waals surface area (Å²) >= 11 is 1.32. The topological polar surface area (TPSA) is 48.4 Å². The van der Waals surface area contributed by atoms with E-state index >= 15 is 0 Å². The summed E-state index contributed by atoms with van der Waals surface area (Å²) in [7, 11) is 0. The van der Waals surface area contributed by atoms with Crippen LogP contribution in [0.1, 0.15) is 6.92 Å². The van der Waals surface area contributed by atoms with E-state index in [0.29, 0.717) is 5.19 Å². The Labute approximate surface area is 119 Å². The van der Waals surface area contributed by atoms with Gasteiger partial charge in [0.15, 0.2) is 0 Å². The van der Waals surface area contributed by atoms with E-state index in [1.54, 1.807) is 0 Å². The largest absolute Gasteiger partial charge is 0.457 e. The van der Waals surface area contributed by atoms with E-state index in [9.17, 15) is 4.79 Å². The van der Waals surface area contributed by atoms with Crippen molar-refractivity contribution < 1.29 is 14.3 Å². The maximum Gasteiger partial charge on any atom is 0.309 e. The standard InChI is InChI=1S/C15H11NO3S/c1-10(17)18-15-16-13-8-7-12(9-14(13)20-15)19-11-5-3-2-4-6-11/h2-9H,1H3. The Balaban J connectivity index is 1.88. The van der Waals surface area contributed by atoms with E-state index in [1.165, 1.54) is 18.3 Å². The lowest BCUT2D eigenvalue weighted by Gasteiger charge is -2.04. The number of esters is 1. The van der Waals surface area contributed by atoms with Gasteiger partial charge in [-0.1, -0.05) is 29.5 Å². The van der Waals surface area contributed by atoms with Crippen molar-refractivity contribution >= 4 is 27.5 Å². The van der Waals surface area contributed by atoms with Gasteiger partial charge in [-0.2, -0.15) is 0 Å². The van der Waals surface area contributed by atoms with Gasteiger partial charge >= 0.3 is 5.97 Å². The highest BCUT2D eigenvalue weighted by Crippen LogP contribution is 2.32. The molecule has 0 unspecified atom stereocenters. The van der Waals surface area contributed by atoms with Crippen molar-refractivity contribution in [3.8, 4) is 16.7 Å². The lowest BCUT2D eigenvalue weighted by Crippen LogP contribution is -2.00. The summed E-state index contributed by atoms with van der Waals surface area (Å²) in [6, 6.07) is 15.1. The Kier molecular flexibility index (Phi) is 3.35. The van der Waals surface area contributed by atoms with E-state index in [2.05, 4.69) is 4.98 Å². The van der Waals surface area contributed by atoms with Crippen LogP contribution in [0.5, 0.6) is 16.7 Å². The monoisotopic (exact) mass is 285 g/mol. The van der Waals surface area contributed by atoms with Gasteiger partial charge in [-0.25, -0.2) is 4.98 Å². The maximum absolute atomic E-state index is 10.9. The first-order valence-electron chi connectivity index (χ1n) is 6.02. The number of fused-ring (bicyclic) bond motifs is 1. The molecule has 0 aliphatic carbocycles. The zero-order valence-electron chi connectivity index (χ0n) is 10.7. The Morgan fingerprint density at radius 3 is 2.65 bits per heavy atom. The highest BCUT2D eigenvalue weighted by atomic mass is 32.1. The SMILES string of the molecule is CC(=O)Oc1nc2ccc(Oc3ccccc3)cc2s1. The van der Waals surface area contributed by atoms with Crippen molar-refractivity contribution in [1.82, 2.24) is 4.98 Å². The first kappa shape index (κ1) is 12.6. The predicted octanol–water partition coefficient (Wildman–Crippen LogP) is 4.01. The Bertz CT molecular complexity index is 752. The minimum atomic E-state index is -0.371. The van der Waals surface area contributed by atoms with E-state index in [4.69, 9.17) is 9.47 Å². The summed E-state index contributed by atoms with van der Waals surface area (Å²) in [5.41, 5.74) is 0.784. The second kappa shape index (κ2) is 5.30. The quantitative estimate of drug-likeness (QED) is 0.682. The lowest BCUT2D eigenvalue weighted by molar-refractivity contribution is -0.131. The lowest BCUT2D eigenvalue weighted by atomic mass is 10.3. The normalized spacial score (nSPS) is 10.4. The average molecular weight is 285 g/mol. The van der Waals surface area contributed by atoms with Gasteiger partial charge < -0.3 is 9.47 Å². The van der Waals surface area contributed by atoms with Gasteiger partial charge in [0.2, 0.25) is 0 Å². The first-order valence-corrected chi connectivity index (χ1v) is 6.84. The van der Waals surface area contributed by atoms with E-state index in [1.807, 2.05) is 48.5 Å². The third kappa shape index (κ3) is 2.78. The Morgan fingerprint density at radius 2 is 1.90 bits per heavy atom. The Hall–Kier alpha value is -2.40. The highest BCUT2D eigenvalue weighted by molar-refractivity contribution is 7.20. The van der Waals surface area contributed by atoms with Crippen molar-refractivity contribution in [3.05, 3.63) is 48.5 Å². The van der Waals surface area contributed by atoms with Crippen LogP contribution in [0.15, 0.2) is 48.5 Å². The molecule has 0 spiro atoms. The number of benzene rings is 2. The molecule has 0 saturated heterocycles.